The highest BCUT2D eigenvalue weighted by Gasteiger charge is 2.30. The fourth-order valence-electron chi connectivity index (χ4n) is 3.63. The second kappa shape index (κ2) is 9.29. The molecule has 0 saturated carbocycles. The molecule has 170 valence electrons. The van der Waals surface area contributed by atoms with Crippen LogP contribution in [-0.4, -0.2) is 44.0 Å². The monoisotopic (exact) mass is 497 g/mol. The molecule has 0 radical (unpaired) electrons. The molecule has 0 bridgehead atoms. The topological polar surface area (TPSA) is 95.6 Å². The van der Waals surface area contributed by atoms with E-state index in [2.05, 4.69) is 10.0 Å². The number of nitrogens with zero attached hydrogens (tertiary/aromatic N) is 1. The molecule has 0 aromatic heterocycles. The van der Waals surface area contributed by atoms with E-state index in [4.69, 9.17) is 11.6 Å². The lowest BCUT2D eigenvalue weighted by Gasteiger charge is -2.18. The average Bonchev–Trinajstić information content (AvgIpc) is 3.23. The summed E-state index contributed by atoms with van der Waals surface area (Å²) >= 11 is 7.10. The Morgan fingerprint density at radius 1 is 1.22 bits per heavy atom. The molecule has 2 aromatic carbocycles. The fraction of sp³-hybridized carbons (Fsp3) is 0.333. The molecular formula is C21H21ClFN3O4S2. The van der Waals surface area contributed by atoms with E-state index in [1.807, 2.05) is 0 Å². The van der Waals surface area contributed by atoms with Crippen molar-refractivity contribution in [3.05, 3.63) is 47.2 Å². The van der Waals surface area contributed by atoms with E-state index in [1.54, 1.807) is 11.0 Å². The molecule has 32 heavy (non-hydrogen) atoms. The smallest absolute Gasteiger partial charge is 0.262 e. The van der Waals surface area contributed by atoms with Gasteiger partial charge in [-0.1, -0.05) is 11.6 Å². The molecule has 2 aliphatic heterocycles. The SMILES string of the molecule is O=C1Nc2cc(S(=O)(=O)Nc3ccc(Cl)cc3F)ccc2SCC1CC(=O)N1CCCC1. The van der Waals surface area contributed by atoms with Crippen LogP contribution in [0.25, 0.3) is 0 Å². The molecule has 7 nitrogen and oxygen atoms in total. The van der Waals surface area contributed by atoms with Gasteiger partial charge in [0, 0.05) is 35.2 Å². The molecule has 2 aliphatic rings. The fourth-order valence-corrected chi connectivity index (χ4v) is 5.97. The number of anilines is 2. The van der Waals surface area contributed by atoms with Crippen LogP contribution in [0.5, 0.6) is 0 Å². The number of likely N-dealkylation sites (tertiary alicyclic amines) is 1. The van der Waals surface area contributed by atoms with E-state index < -0.39 is 21.8 Å². The number of amides is 2. The molecule has 1 saturated heterocycles. The zero-order valence-electron chi connectivity index (χ0n) is 16.9. The van der Waals surface area contributed by atoms with Crippen molar-refractivity contribution in [3.63, 3.8) is 0 Å². The first-order valence-corrected chi connectivity index (χ1v) is 12.9. The van der Waals surface area contributed by atoms with Crippen molar-refractivity contribution >= 4 is 56.6 Å². The third-order valence-corrected chi connectivity index (χ3v) is 8.22. The normalized spacial score (nSPS) is 18.6. The summed E-state index contributed by atoms with van der Waals surface area (Å²) in [5.74, 6) is -1.26. The Kier molecular flexibility index (Phi) is 6.64. The molecule has 1 fully saturated rings. The number of benzene rings is 2. The average molecular weight is 498 g/mol. The Hall–Kier alpha value is -2.30. The number of hydrogen-bond acceptors (Lipinski definition) is 5. The second-order valence-electron chi connectivity index (χ2n) is 7.68. The van der Waals surface area contributed by atoms with Crippen LogP contribution in [0.3, 0.4) is 0 Å². The van der Waals surface area contributed by atoms with Crippen LogP contribution in [0.2, 0.25) is 5.02 Å². The van der Waals surface area contributed by atoms with Crippen molar-refractivity contribution < 1.29 is 22.4 Å². The largest absolute Gasteiger partial charge is 0.343 e. The van der Waals surface area contributed by atoms with Gasteiger partial charge in [0.2, 0.25) is 11.8 Å². The van der Waals surface area contributed by atoms with E-state index in [-0.39, 0.29) is 33.8 Å². The van der Waals surface area contributed by atoms with E-state index >= 15 is 0 Å². The predicted octanol–water partition coefficient (Wildman–Crippen LogP) is 3.95. The number of hydrogen-bond donors (Lipinski definition) is 2. The van der Waals surface area contributed by atoms with Crippen molar-refractivity contribution in [3.8, 4) is 0 Å². The predicted molar refractivity (Wildman–Crippen MR) is 122 cm³/mol. The Bertz CT molecular complexity index is 1170. The number of halogens is 2. The first kappa shape index (κ1) is 22.9. The van der Waals surface area contributed by atoms with Gasteiger partial charge in [-0.05, 0) is 49.2 Å². The number of carbonyl (C=O) groups is 2. The molecule has 2 amide bonds. The van der Waals surface area contributed by atoms with Gasteiger partial charge in [0.05, 0.1) is 22.2 Å². The number of sulfonamides is 1. The summed E-state index contributed by atoms with van der Waals surface area (Å²) in [5, 5.41) is 2.90. The van der Waals surface area contributed by atoms with Gasteiger partial charge < -0.3 is 10.2 Å². The lowest BCUT2D eigenvalue weighted by molar-refractivity contribution is -0.133. The maximum Gasteiger partial charge on any atom is 0.262 e. The van der Waals surface area contributed by atoms with Gasteiger partial charge in [-0.15, -0.1) is 11.8 Å². The van der Waals surface area contributed by atoms with E-state index in [0.29, 0.717) is 16.3 Å². The first-order valence-electron chi connectivity index (χ1n) is 10.1. The third kappa shape index (κ3) is 5.02. The van der Waals surface area contributed by atoms with Gasteiger partial charge in [-0.3, -0.25) is 14.3 Å². The molecule has 2 aromatic rings. The lowest BCUT2D eigenvalue weighted by atomic mass is 10.1. The van der Waals surface area contributed by atoms with Crippen molar-refractivity contribution in [1.29, 1.82) is 0 Å². The summed E-state index contributed by atoms with van der Waals surface area (Å²) in [4.78, 5) is 27.5. The first-order chi connectivity index (χ1) is 15.2. The van der Waals surface area contributed by atoms with Gasteiger partial charge >= 0.3 is 0 Å². The van der Waals surface area contributed by atoms with Crippen molar-refractivity contribution in [1.82, 2.24) is 4.90 Å². The highest BCUT2D eigenvalue weighted by atomic mass is 35.5. The second-order valence-corrected chi connectivity index (χ2v) is 10.9. The zero-order valence-corrected chi connectivity index (χ0v) is 19.3. The highest BCUT2D eigenvalue weighted by molar-refractivity contribution is 7.99. The zero-order chi connectivity index (χ0) is 22.9. The van der Waals surface area contributed by atoms with Crippen LogP contribution >= 0.6 is 23.4 Å². The molecule has 2 N–H and O–H groups in total. The minimum absolute atomic E-state index is 0.0355. The summed E-state index contributed by atoms with van der Waals surface area (Å²) in [6.07, 6.45) is 2.08. The lowest BCUT2D eigenvalue weighted by Crippen LogP contribution is -2.33. The van der Waals surface area contributed by atoms with E-state index in [0.717, 1.165) is 32.0 Å². The Labute approximate surface area is 194 Å². The maximum absolute atomic E-state index is 14.0. The summed E-state index contributed by atoms with van der Waals surface area (Å²) < 4.78 is 41.8. The van der Waals surface area contributed by atoms with Crippen LogP contribution in [-0.2, 0) is 19.6 Å². The Balaban J connectivity index is 1.50. The maximum atomic E-state index is 14.0. The number of thioether (sulfide) groups is 1. The summed E-state index contributed by atoms with van der Waals surface area (Å²) in [6, 6.07) is 7.94. The molecule has 1 atom stereocenters. The van der Waals surface area contributed by atoms with E-state index in [9.17, 15) is 22.4 Å². The van der Waals surface area contributed by atoms with Gasteiger partial charge in [0.1, 0.15) is 5.82 Å². The molecule has 0 aliphatic carbocycles. The Morgan fingerprint density at radius 2 is 1.97 bits per heavy atom. The summed E-state index contributed by atoms with van der Waals surface area (Å²) in [5.41, 5.74) is 0.110. The molecule has 2 heterocycles. The quantitative estimate of drug-likeness (QED) is 0.652. The highest BCUT2D eigenvalue weighted by Crippen LogP contribution is 2.36. The minimum atomic E-state index is -4.11. The van der Waals surface area contributed by atoms with E-state index in [1.165, 1.54) is 36.0 Å². The van der Waals surface area contributed by atoms with Crippen LogP contribution < -0.4 is 10.0 Å². The molecule has 4 rings (SSSR count). The van der Waals surface area contributed by atoms with Crippen LogP contribution in [0.4, 0.5) is 15.8 Å². The number of nitrogens with one attached hydrogen (secondary N) is 2. The molecule has 1 unspecified atom stereocenters. The minimum Gasteiger partial charge on any atom is -0.343 e. The number of fused-ring (bicyclic) bond motifs is 1. The Morgan fingerprint density at radius 3 is 2.69 bits per heavy atom. The van der Waals surface area contributed by atoms with Crippen molar-refractivity contribution in [2.24, 2.45) is 5.92 Å². The summed E-state index contributed by atoms with van der Waals surface area (Å²) in [7, 11) is -4.11. The molecule has 0 spiro atoms. The molecule has 11 heteroatoms. The number of rotatable bonds is 5. The van der Waals surface area contributed by atoms with Crippen LogP contribution in [0.1, 0.15) is 19.3 Å². The van der Waals surface area contributed by atoms with Crippen molar-refractivity contribution in [2.45, 2.75) is 29.1 Å². The third-order valence-electron chi connectivity index (χ3n) is 5.39. The van der Waals surface area contributed by atoms with Gasteiger partial charge in [-0.2, -0.15) is 0 Å². The van der Waals surface area contributed by atoms with Gasteiger partial charge in [-0.25, -0.2) is 12.8 Å². The van der Waals surface area contributed by atoms with Crippen LogP contribution in [0, 0.1) is 11.7 Å². The van der Waals surface area contributed by atoms with Gasteiger partial charge in [0.25, 0.3) is 10.0 Å². The standard InChI is InChI=1S/C21H21ClFN3O4S2/c22-14-3-5-17(16(23)10-14)25-32(29,30)15-4-6-19-18(11-15)24-21(28)13(12-31-19)9-20(27)26-7-1-2-8-26/h3-6,10-11,13,25H,1-2,7-9,12H2,(H,24,28). The number of carbonyl (C=O) groups excluding carboxylic acids is 2. The molecular weight excluding hydrogens is 477 g/mol. The van der Waals surface area contributed by atoms with Crippen LogP contribution in [0.15, 0.2) is 46.2 Å². The summed E-state index contributed by atoms with van der Waals surface area (Å²) in [6.45, 7) is 1.45. The van der Waals surface area contributed by atoms with Crippen molar-refractivity contribution in [2.75, 3.05) is 28.9 Å². The van der Waals surface area contributed by atoms with Gasteiger partial charge in [0.15, 0.2) is 0 Å².